The van der Waals surface area contributed by atoms with Gasteiger partial charge in [0, 0.05) is 0 Å². The summed E-state index contributed by atoms with van der Waals surface area (Å²) in [5, 5.41) is 3.20. The molecule has 0 saturated heterocycles. The van der Waals surface area contributed by atoms with Crippen molar-refractivity contribution in [3.05, 3.63) is 29.8 Å². The van der Waals surface area contributed by atoms with Crippen LogP contribution < -0.4 is 4.74 Å². The van der Waals surface area contributed by atoms with Crippen molar-refractivity contribution in [2.24, 2.45) is 5.16 Å². The van der Waals surface area contributed by atoms with Crippen molar-refractivity contribution in [3.8, 4) is 5.75 Å². The van der Waals surface area contributed by atoms with Gasteiger partial charge in [0.15, 0.2) is 0 Å². The first-order valence-electron chi connectivity index (χ1n) is 4.37. The molecule has 3 nitrogen and oxygen atoms in total. The molecule has 0 spiro atoms. The lowest BCUT2D eigenvalue weighted by Gasteiger charge is -2.03. The van der Waals surface area contributed by atoms with Crippen LogP contribution in [-0.4, -0.2) is 26.1 Å². The van der Waals surface area contributed by atoms with Crippen molar-refractivity contribution in [1.29, 1.82) is 0 Å². The molecule has 0 radical (unpaired) electrons. The van der Waals surface area contributed by atoms with Gasteiger partial charge in [-0.1, -0.05) is 5.16 Å². The fourth-order valence-electron chi connectivity index (χ4n) is 0.899. The zero-order valence-corrected chi connectivity index (χ0v) is 8.49. The molecule has 1 aromatic carbocycles. The minimum Gasteiger partial charge on any atom is -0.497 e. The van der Waals surface area contributed by atoms with E-state index in [1.165, 1.54) is 13.3 Å². The highest BCUT2D eigenvalue weighted by Gasteiger charge is 2.28. The van der Waals surface area contributed by atoms with Gasteiger partial charge in [0.2, 0.25) is 6.61 Å². The molecule has 0 aliphatic rings. The highest BCUT2D eigenvalue weighted by molar-refractivity contribution is 5.79. The minimum absolute atomic E-state index is 0.628. The van der Waals surface area contributed by atoms with Gasteiger partial charge in [-0.3, -0.25) is 0 Å². The summed E-state index contributed by atoms with van der Waals surface area (Å²) in [6, 6.07) is 6.65. The number of ether oxygens (including phenoxy) is 1. The minimum atomic E-state index is -4.36. The smallest absolute Gasteiger partial charge is 0.425 e. The third-order valence-electron chi connectivity index (χ3n) is 1.62. The first kappa shape index (κ1) is 12.4. The van der Waals surface area contributed by atoms with Crippen LogP contribution in [0.1, 0.15) is 5.56 Å². The maximum absolute atomic E-state index is 11.7. The van der Waals surface area contributed by atoms with Crippen molar-refractivity contribution < 1.29 is 22.7 Å². The lowest BCUT2D eigenvalue weighted by atomic mass is 10.2. The van der Waals surface area contributed by atoms with Crippen molar-refractivity contribution in [2.45, 2.75) is 6.18 Å². The summed E-state index contributed by atoms with van der Waals surface area (Å²) in [5.41, 5.74) is 0.628. The number of hydrogen-bond donors (Lipinski definition) is 0. The normalized spacial score (nSPS) is 11.8. The lowest BCUT2D eigenvalue weighted by molar-refractivity contribution is -0.173. The second-order valence-electron chi connectivity index (χ2n) is 2.90. The Bertz CT molecular complexity index is 346. The van der Waals surface area contributed by atoms with E-state index in [1.807, 2.05) is 0 Å². The van der Waals surface area contributed by atoms with Gasteiger partial charge < -0.3 is 9.57 Å². The second-order valence-corrected chi connectivity index (χ2v) is 2.90. The van der Waals surface area contributed by atoms with E-state index in [9.17, 15) is 13.2 Å². The summed E-state index contributed by atoms with van der Waals surface area (Å²) in [6.45, 7) is -1.39. The molecular formula is C10H10F3NO2. The SMILES string of the molecule is COc1ccc(C=NOCC(F)(F)F)cc1. The van der Waals surface area contributed by atoms with Crippen molar-refractivity contribution in [3.63, 3.8) is 0 Å². The zero-order chi connectivity index (χ0) is 12.0. The third-order valence-corrected chi connectivity index (χ3v) is 1.62. The van der Waals surface area contributed by atoms with Crippen LogP contribution >= 0.6 is 0 Å². The fourth-order valence-corrected chi connectivity index (χ4v) is 0.899. The highest BCUT2D eigenvalue weighted by atomic mass is 19.4. The van der Waals surface area contributed by atoms with Crippen molar-refractivity contribution >= 4 is 6.21 Å². The molecule has 16 heavy (non-hydrogen) atoms. The Balaban J connectivity index is 2.44. The molecule has 0 amide bonds. The van der Waals surface area contributed by atoms with E-state index in [0.717, 1.165) is 0 Å². The van der Waals surface area contributed by atoms with Gasteiger partial charge in [-0.15, -0.1) is 0 Å². The van der Waals surface area contributed by atoms with Crippen LogP contribution in [0.15, 0.2) is 29.4 Å². The van der Waals surface area contributed by atoms with Crippen molar-refractivity contribution in [2.75, 3.05) is 13.7 Å². The lowest BCUT2D eigenvalue weighted by Crippen LogP contribution is -2.14. The standard InChI is InChI=1S/C10H10F3NO2/c1-15-9-4-2-8(3-5-9)6-14-16-7-10(11,12)13/h2-6H,7H2,1H3. The Morgan fingerprint density at radius 2 is 1.88 bits per heavy atom. The molecule has 88 valence electrons. The molecule has 6 heteroatoms. The van der Waals surface area contributed by atoms with Gasteiger partial charge in [-0.05, 0) is 29.8 Å². The number of alkyl halides is 3. The molecule has 0 aliphatic heterocycles. The Morgan fingerprint density at radius 1 is 1.25 bits per heavy atom. The van der Waals surface area contributed by atoms with Crippen LogP contribution in [0.25, 0.3) is 0 Å². The van der Waals surface area contributed by atoms with E-state index < -0.39 is 12.8 Å². The van der Waals surface area contributed by atoms with Gasteiger partial charge in [-0.25, -0.2) is 0 Å². The molecule has 0 saturated carbocycles. The average Bonchev–Trinajstić information content (AvgIpc) is 2.24. The molecule has 1 aromatic rings. The topological polar surface area (TPSA) is 30.8 Å². The molecule has 0 N–H and O–H groups in total. The fraction of sp³-hybridized carbons (Fsp3) is 0.300. The molecule has 0 aromatic heterocycles. The number of oxime groups is 1. The third kappa shape index (κ3) is 4.68. The predicted octanol–water partition coefficient (Wildman–Crippen LogP) is 2.61. The molecule has 0 aliphatic carbocycles. The number of benzene rings is 1. The summed E-state index contributed by atoms with van der Waals surface area (Å²) in [5.74, 6) is 0.661. The summed E-state index contributed by atoms with van der Waals surface area (Å²) in [6.07, 6.45) is -3.16. The summed E-state index contributed by atoms with van der Waals surface area (Å²) < 4.78 is 39.9. The van der Waals surface area contributed by atoms with E-state index in [-0.39, 0.29) is 0 Å². The molecule has 0 atom stereocenters. The van der Waals surface area contributed by atoms with Crippen LogP contribution in [0.5, 0.6) is 5.75 Å². The zero-order valence-electron chi connectivity index (χ0n) is 8.49. The number of rotatable bonds is 4. The van der Waals surface area contributed by atoms with E-state index in [1.54, 1.807) is 24.3 Å². The molecule has 0 fully saturated rings. The number of nitrogens with zero attached hydrogens (tertiary/aromatic N) is 1. The van der Waals surface area contributed by atoms with E-state index in [4.69, 9.17) is 4.74 Å². The average molecular weight is 233 g/mol. The van der Waals surface area contributed by atoms with Gasteiger partial charge in [0.05, 0.1) is 13.3 Å². The second kappa shape index (κ2) is 5.39. The monoisotopic (exact) mass is 233 g/mol. The van der Waals surface area contributed by atoms with Crippen LogP contribution in [0, 0.1) is 0 Å². The van der Waals surface area contributed by atoms with Gasteiger partial charge in [0.1, 0.15) is 5.75 Å². The Hall–Kier alpha value is -1.72. The summed E-state index contributed by atoms with van der Waals surface area (Å²) >= 11 is 0. The molecule has 1 rings (SSSR count). The van der Waals surface area contributed by atoms with Crippen LogP contribution in [-0.2, 0) is 4.84 Å². The summed E-state index contributed by atoms with van der Waals surface area (Å²) in [4.78, 5) is 4.07. The predicted molar refractivity (Wildman–Crippen MR) is 52.6 cm³/mol. The molecule has 0 heterocycles. The Kier molecular flexibility index (Phi) is 4.16. The van der Waals surface area contributed by atoms with Gasteiger partial charge in [0.25, 0.3) is 0 Å². The van der Waals surface area contributed by atoms with Gasteiger partial charge >= 0.3 is 6.18 Å². The maximum Gasteiger partial charge on any atom is 0.425 e. The Morgan fingerprint density at radius 3 is 2.38 bits per heavy atom. The number of hydrogen-bond acceptors (Lipinski definition) is 3. The first-order chi connectivity index (χ1) is 7.51. The largest absolute Gasteiger partial charge is 0.497 e. The quantitative estimate of drug-likeness (QED) is 0.591. The van der Waals surface area contributed by atoms with E-state index >= 15 is 0 Å². The number of halogens is 3. The molecular weight excluding hydrogens is 223 g/mol. The van der Waals surface area contributed by atoms with Crippen LogP contribution in [0.3, 0.4) is 0 Å². The van der Waals surface area contributed by atoms with Crippen molar-refractivity contribution in [1.82, 2.24) is 0 Å². The summed E-state index contributed by atoms with van der Waals surface area (Å²) in [7, 11) is 1.52. The first-order valence-corrected chi connectivity index (χ1v) is 4.37. The Labute approximate surface area is 90.5 Å². The maximum atomic E-state index is 11.7. The van der Waals surface area contributed by atoms with E-state index in [2.05, 4.69) is 9.99 Å². The van der Waals surface area contributed by atoms with E-state index in [0.29, 0.717) is 11.3 Å². The molecule has 0 bridgehead atoms. The number of methoxy groups -OCH3 is 1. The van der Waals surface area contributed by atoms with Gasteiger partial charge in [-0.2, -0.15) is 13.2 Å². The van der Waals surface area contributed by atoms with Crippen LogP contribution in [0.2, 0.25) is 0 Å². The highest BCUT2D eigenvalue weighted by Crippen LogP contribution is 2.14. The molecule has 0 unspecified atom stereocenters. The van der Waals surface area contributed by atoms with Crippen LogP contribution in [0.4, 0.5) is 13.2 Å².